The number of benzene rings is 2. The minimum Gasteiger partial charge on any atom is -0.478 e. The minimum atomic E-state index is -1.07. The van der Waals surface area contributed by atoms with E-state index in [9.17, 15) is 14.4 Å². The molecule has 7 heteroatoms. The first-order chi connectivity index (χ1) is 13.0. The third-order valence-electron chi connectivity index (χ3n) is 3.78. The fourth-order valence-electron chi connectivity index (χ4n) is 2.42. The molecule has 3 rings (SSSR count). The Morgan fingerprint density at radius 3 is 2.15 bits per heavy atom. The van der Waals surface area contributed by atoms with Crippen LogP contribution in [0.25, 0.3) is 0 Å². The number of carbonyl (C=O) groups excluding carboxylic acids is 2. The van der Waals surface area contributed by atoms with Crippen LogP contribution in [-0.2, 0) is 0 Å². The Morgan fingerprint density at radius 2 is 1.56 bits per heavy atom. The van der Waals surface area contributed by atoms with Crippen LogP contribution in [0.3, 0.4) is 0 Å². The monoisotopic (exact) mass is 364 g/mol. The summed E-state index contributed by atoms with van der Waals surface area (Å²) in [5.41, 5.74) is 1.01. The first-order valence-corrected chi connectivity index (χ1v) is 8.08. The van der Waals surface area contributed by atoms with Gasteiger partial charge in [-0.15, -0.1) is 0 Å². The average Bonchev–Trinajstić information content (AvgIpc) is 3.23. The molecule has 7 nitrogen and oxygen atoms in total. The van der Waals surface area contributed by atoms with Crippen LogP contribution < -0.4 is 10.6 Å². The number of carbonyl (C=O) groups is 3. The van der Waals surface area contributed by atoms with Crippen LogP contribution in [0.4, 0.5) is 5.69 Å². The van der Waals surface area contributed by atoms with E-state index in [1.54, 1.807) is 36.4 Å². The van der Waals surface area contributed by atoms with Gasteiger partial charge in [-0.3, -0.25) is 9.59 Å². The fourth-order valence-corrected chi connectivity index (χ4v) is 2.42. The highest BCUT2D eigenvalue weighted by atomic mass is 16.4. The Morgan fingerprint density at radius 1 is 0.852 bits per heavy atom. The predicted octanol–water partition coefficient (Wildman–Crippen LogP) is 3.03. The molecule has 0 aliphatic heterocycles. The average molecular weight is 364 g/mol. The molecular formula is C20H16N2O5. The van der Waals surface area contributed by atoms with Crippen molar-refractivity contribution >= 4 is 23.3 Å². The van der Waals surface area contributed by atoms with Crippen LogP contribution in [0.2, 0.25) is 0 Å². The van der Waals surface area contributed by atoms with Crippen molar-refractivity contribution in [1.29, 1.82) is 0 Å². The molecule has 0 saturated heterocycles. The molecule has 1 atom stereocenters. The quantitative estimate of drug-likeness (QED) is 0.439. The van der Waals surface area contributed by atoms with Gasteiger partial charge in [0, 0.05) is 11.3 Å². The summed E-state index contributed by atoms with van der Waals surface area (Å²) in [5, 5.41) is 14.5. The summed E-state index contributed by atoms with van der Waals surface area (Å²) < 4.78 is 5.06. The third kappa shape index (κ3) is 4.40. The Balaban J connectivity index is 1.83. The molecule has 3 aromatic rings. The lowest BCUT2D eigenvalue weighted by molar-refractivity contribution is 0.0696. The molecule has 1 amide bonds. The maximum Gasteiger partial charge on any atom is 0.335 e. The maximum absolute atomic E-state index is 12.8. The van der Waals surface area contributed by atoms with E-state index < -0.39 is 18.0 Å². The molecule has 1 aromatic heterocycles. The summed E-state index contributed by atoms with van der Waals surface area (Å²) in [7, 11) is 0. The standard InChI is InChI=1S/C20H16N2O5/c23-17(13-5-2-1-3-6-13)18(22-19(24)16-7-4-12-27-16)21-15-10-8-14(9-11-15)20(25)26/h1-12,18,21H,(H,22,24)(H,25,26)/t18-/m0/s1. The molecule has 0 saturated carbocycles. The van der Waals surface area contributed by atoms with E-state index in [1.165, 1.54) is 36.6 Å². The summed E-state index contributed by atoms with van der Waals surface area (Å²) in [5.74, 6) is -1.88. The number of carboxylic acids is 1. The van der Waals surface area contributed by atoms with Gasteiger partial charge in [-0.05, 0) is 36.4 Å². The third-order valence-corrected chi connectivity index (χ3v) is 3.78. The zero-order chi connectivity index (χ0) is 19.2. The van der Waals surface area contributed by atoms with E-state index in [0.717, 1.165) is 0 Å². The number of aromatic carboxylic acids is 1. The highest BCUT2D eigenvalue weighted by Gasteiger charge is 2.23. The summed E-state index contributed by atoms with van der Waals surface area (Å²) in [6.45, 7) is 0. The zero-order valence-electron chi connectivity index (χ0n) is 14.1. The van der Waals surface area contributed by atoms with Gasteiger partial charge in [0.2, 0.25) is 5.78 Å². The number of hydrogen-bond donors (Lipinski definition) is 3. The normalized spacial score (nSPS) is 11.4. The number of amides is 1. The second kappa shape index (κ2) is 8.01. The minimum absolute atomic E-state index is 0.0730. The van der Waals surface area contributed by atoms with Crippen molar-refractivity contribution in [2.24, 2.45) is 0 Å². The lowest BCUT2D eigenvalue weighted by Crippen LogP contribution is -2.46. The summed E-state index contributed by atoms with van der Waals surface area (Å²) in [4.78, 5) is 36.1. The second-order valence-electron chi connectivity index (χ2n) is 5.64. The highest BCUT2D eigenvalue weighted by molar-refractivity contribution is 6.04. The van der Waals surface area contributed by atoms with E-state index in [-0.39, 0.29) is 17.1 Å². The van der Waals surface area contributed by atoms with Gasteiger partial charge in [0.15, 0.2) is 11.9 Å². The number of Topliss-reactive ketones (excluding diaryl/α,β-unsaturated/α-hetero) is 1. The van der Waals surface area contributed by atoms with E-state index in [2.05, 4.69) is 10.6 Å². The molecule has 1 heterocycles. The molecule has 0 aliphatic rings. The van der Waals surface area contributed by atoms with Gasteiger partial charge < -0.3 is 20.2 Å². The van der Waals surface area contributed by atoms with Gasteiger partial charge in [-0.2, -0.15) is 0 Å². The number of furan rings is 1. The molecule has 2 aromatic carbocycles. The first-order valence-electron chi connectivity index (χ1n) is 8.08. The smallest absolute Gasteiger partial charge is 0.335 e. The zero-order valence-corrected chi connectivity index (χ0v) is 14.1. The molecule has 0 unspecified atom stereocenters. The molecule has 0 spiro atoms. The van der Waals surface area contributed by atoms with Crippen molar-refractivity contribution < 1.29 is 23.9 Å². The van der Waals surface area contributed by atoms with Gasteiger partial charge in [0.05, 0.1) is 11.8 Å². The van der Waals surface area contributed by atoms with Crippen LogP contribution in [0.15, 0.2) is 77.4 Å². The Kier molecular flexibility index (Phi) is 5.32. The van der Waals surface area contributed by atoms with Crippen molar-refractivity contribution in [3.8, 4) is 0 Å². The number of ketones is 1. The largest absolute Gasteiger partial charge is 0.478 e. The van der Waals surface area contributed by atoms with Gasteiger partial charge >= 0.3 is 5.97 Å². The molecule has 3 N–H and O–H groups in total. The topological polar surface area (TPSA) is 109 Å². The molecule has 0 aliphatic carbocycles. The summed E-state index contributed by atoms with van der Waals surface area (Å²) >= 11 is 0. The number of rotatable bonds is 7. The van der Waals surface area contributed by atoms with Gasteiger partial charge in [-0.25, -0.2) is 4.79 Å². The number of carboxylic acid groups (broad SMARTS) is 1. The molecule has 0 fully saturated rings. The van der Waals surface area contributed by atoms with Crippen molar-refractivity contribution in [3.05, 3.63) is 89.9 Å². The Labute approximate surface area is 154 Å². The van der Waals surface area contributed by atoms with Gasteiger partial charge in [-0.1, -0.05) is 30.3 Å². The molecule has 0 radical (unpaired) electrons. The van der Waals surface area contributed by atoms with E-state index in [1.807, 2.05) is 0 Å². The maximum atomic E-state index is 12.8. The second-order valence-corrected chi connectivity index (χ2v) is 5.64. The molecule has 27 heavy (non-hydrogen) atoms. The Bertz CT molecular complexity index is 934. The number of anilines is 1. The number of nitrogens with one attached hydrogen (secondary N) is 2. The van der Waals surface area contributed by atoms with Gasteiger partial charge in [0.25, 0.3) is 5.91 Å². The SMILES string of the molecule is O=C(O)c1ccc(N[C@@H](NC(=O)c2ccco2)C(=O)c2ccccc2)cc1. The first kappa shape index (κ1) is 17.9. The van der Waals surface area contributed by atoms with E-state index >= 15 is 0 Å². The summed E-state index contributed by atoms with van der Waals surface area (Å²) in [6.07, 6.45) is 0.293. The van der Waals surface area contributed by atoms with Crippen LogP contribution in [0, 0.1) is 0 Å². The fraction of sp³-hybridized carbons (Fsp3) is 0.0500. The van der Waals surface area contributed by atoms with Crippen molar-refractivity contribution in [3.63, 3.8) is 0 Å². The van der Waals surface area contributed by atoms with E-state index in [4.69, 9.17) is 9.52 Å². The van der Waals surface area contributed by atoms with Crippen LogP contribution in [0.5, 0.6) is 0 Å². The van der Waals surface area contributed by atoms with Crippen molar-refractivity contribution in [2.45, 2.75) is 6.17 Å². The van der Waals surface area contributed by atoms with Gasteiger partial charge in [0.1, 0.15) is 0 Å². The van der Waals surface area contributed by atoms with Crippen LogP contribution in [0.1, 0.15) is 31.3 Å². The molecular weight excluding hydrogens is 348 g/mol. The molecule has 0 bridgehead atoms. The van der Waals surface area contributed by atoms with Crippen LogP contribution >= 0.6 is 0 Å². The summed E-state index contributed by atoms with van der Waals surface area (Å²) in [6, 6.07) is 17.4. The Hall–Kier alpha value is -3.87. The number of hydrogen-bond acceptors (Lipinski definition) is 5. The van der Waals surface area contributed by atoms with Crippen LogP contribution in [-0.4, -0.2) is 28.9 Å². The lowest BCUT2D eigenvalue weighted by atomic mass is 10.1. The van der Waals surface area contributed by atoms with Crippen molar-refractivity contribution in [1.82, 2.24) is 5.32 Å². The highest BCUT2D eigenvalue weighted by Crippen LogP contribution is 2.13. The van der Waals surface area contributed by atoms with E-state index in [0.29, 0.717) is 11.3 Å². The lowest BCUT2D eigenvalue weighted by Gasteiger charge is -2.20. The predicted molar refractivity (Wildman–Crippen MR) is 97.8 cm³/mol. The van der Waals surface area contributed by atoms with Crippen molar-refractivity contribution in [2.75, 3.05) is 5.32 Å². The molecule has 136 valence electrons.